The van der Waals surface area contributed by atoms with Gasteiger partial charge in [0.05, 0.1) is 11.2 Å². The van der Waals surface area contributed by atoms with E-state index in [0.717, 1.165) is 23.1 Å². The normalized spacial score (nSPS) is 15.8. The molecule has 3 rings (SSSR count). The Hall–Kier alpha value is -2.30. The van der Waals surface area contributed by atoms with Crippen molar-refractivity contribution < 1.29 is 9.59 Å². The number of hydrogen-bond donors (Lipinski definition) is 1. The lowest BCUT2D eigenvalue weighted by Gasteiger charge is -2.27. The van der Waals surface area contributed by atoms with Crippen LogP contribution in [0.5, 0.6) is 0 Å². The highest BCUT2D eigenvalue weighted by Gasteiger charge is 2.25. The average Bonchev–Trinajstić information content (AvgIpc) is 2.74. The minimum atomic E-state index is -0.337. The summed E-state index contributed by atoms with van der Waals surface area (Å²) in [6.07, 6.45) is 0.343. The standard InChI is InChI=1S/C15H17N3O2/c1-3-17-10(2)9-11-12(17)5-4-6-13(11)18-8-7-14(19)16-15(18)20/h4-6,9H,3,7-8H2,1-2H3,(H,16,19,20). The molecule has 3 amide bonds. The number of hydrogen-bond acceptors (Lipinski definition) is 2. The number of nitrogens with one attached hydrogen (secondary N) is 1. The van der Waals surface area contributed by atoms with Crippen molar-refractivity contribution in [3.8, 4) is 0 Å². The maximum Gasteiger partial charge on any atom is 0.328 e. The number of carbonyl (C=O) groups is 2. The number of aryl methyl sites for hydroxylation is 2. The first-order valence-electron chi connectivity index (χ1n) is 6.82. The molecular weight excluding hydrogens is 254 g/mol. The number of imide groups is 1. The molecule has 1 aliphatic rings. The molecule has 0 spiro atoms. The largest absolute Gasteiger partial charge is 0.345 e. The number of carbonyl (C=O) groups excluding carboxylic acids is 2. The minimum absolute atomic E-state index is 0.208. The van der Waals surface area contributed by atoms with Crippen molar-refractivity contribution in [2.45, 2.75) is 26.8 Å². The van der Waals surface area contributed by atoms with Crippen LogP contribution in [0.3, 0.4) is 0 Å². The third-order valence-corrected chi connectivity index (χ3v) is 3.79. The van der Waals surface area contributed by atoms with Gasteiger partial charge < -0.3 is 4.57 Å². The molecule has 1 fully saturated rings. The molecule has 1 aromatic heterocycles. The van der Waals surface area contributed by atoms with Gasteiger partial charge in [0.15, 0.2) is 0 Å². The lowest BCUT2D eigenvalue weighted by molar-refractivity contribution is -0.120. The predicted octanol–water partition coefficient (Wildman–Crippen LogP) is 2.42. The van der Waals surface area contributed by atoms with Gasteiger partial charge in [0.2, 0.25) is 5.91 Å². The van der Waals surface area contributed by atoms with Crippen LogP contribution >= 0.6 is 0 Å². The van der Waals surface area contributed by atoms with E-state index in [1.807, 2.05) is 12.1 Å². The molecule has 1 saturated heterocycles. The maximum atomic E-state index is 12.0. The Morgan fingerprint density at radius 1 is 1.30 bits per heavy atom. The lowest BCUT2D eigenvalue weighted by Crippen LogP contribution is -2.49. The van der Waals surface area contributed by atoms with Crippen molar-refractivity contribution in [1.29, 1.82) is 0 Å². The van der Waals surface area contributed by atoms with Gasteiger partial charge in [-0.2, -0.15) is 0 Å². The molecular formula is C15H17N3O2. The van der Waals surface area contributed by atoms with Gasteiger partial charge in [-0.1, -0.05) is 6.07 Å². The van der Waals surface area contributed by atoms with Crippen LogP contribution in [0, 0.1) is 6.92 Å². The fraction of sp³-hybridized carbons (Fsp3) is 0.333. The fourth-order valence-corrected chi connectivity index (χ4v) is 2.85. The van der Waals surface area contributed by atoms with Crippen LogP contribution in [0.4, 0.5) is 10.5 Å². The maximum absolute atomic E-state index is 12.0. The van der Waals surface area contributed by atoms with E-state index in [-0.39, 0.29) is 11.9 Å². The van der Waals surface area contributed by atoms with Gasteiger partial charge in [0, 0.05) is 30.6 Å². The minimum Gasteiger partial charge on any atom is -0.345 e. The van der Waals surface area contributed by atoms with Crippen molar-refractivity contribution in [2.75, 3.05) is 11.4 Å². The summed E-state index contributed by atoms with van der Waals surface area (Å²) in [4.78, 5) is 24.9. The third-order valence-electron chi connectivity index (χ3n) is 3.79. The highest BCUT2D eigenvalue weighted by molar-refractivity contribution is 6.09. The topological polar surface area (TPSA) is 54.3 Å². The molecule has 0 saturated carbocycles. The fourth-order valence-electron chi connectivity index (χ4n) is 2.85. The van der Waals surface area contributed by atoms with E-state index in [1.54, 1.807) is 4.90 Å². The predicted molar refractivity (Wildman–Crippen MR) is 77.9 cm³/mol. The molecule has 0 bridgehead atoms. The van der Waals surface area contributed by atoms with Gasteiger partial charge in [0.1, 0.15) is 0 Å². The summed E-state index contributed by atoms with van der Waals surface area (Å²) < 4.78 is 2.21. The molecule has 2 aromatic rings. The summed E-state index contributed by atoms with van der Waals surface area (Å²) in [5, 5.41) is 3.42. The van der Waals surface area contributed by atoms with Crippen LogP contribution in [0.25, 0.3) is 10.9 Å². The smallest absolute Gasteiger partial charge is 0.328 e. The Morgan fingerprint density at radius 3 is 2.80 bits per heavy atom. The van der Waals surface area contributed by atoms with Gasteiger partial charge in [-0.15, -0.1) is 0 Å². The van der Waals surface area contributed by atoms with Gasteiger partial charge in [-0.3, -0.25) is 15.0 Å². The summed E-state index contributed by atoms with van der Waals surface area (Å²) >= 11 is 0. The summed E-state index contributed by atoms with van der Waals surface area (Å²) in [6.45, 7) is 5.49. The monoisotopic (exact) mass is 271 g/mol. The number of aromatic nitrogens is 1. The van der Waals surface area contributed by atoms with Gasteiger partial charge in [0.25, 0.3) is 0 Å². The first-order valence-corrected chi connectivity index (χ1v) is 6.82. The number of nitrogens with zero attached hydrogens (tertiary/aromatic N) is 2. The molecule has 2 heterocycles. The van der Waals surface area contributed by atoms with Crippen LogP contribution in [-0.4, -0.2) is 23.1 Å². The lowest BCUT2D eigenvalue weighted by atomic mass is 10.1. The molecule has 0 radical (unpaired) electrons. The Kier molecular flexibility index (Phi) is 2.97. The van der Waals surface area contributed by atoms with E-state index in [0.29, 0.717) is 13.0 Å². The SMILES string of the molecule is CCn1c(C)cc2c(N3CCC(=O)NC3=O)cccc21. The van der Waals surface area contributed by atoms with Crippen LogP contribution < -0.4 is 10.2 Å². The average molecular weight is 271 g/mol. The van der Waals surface area contributed by atoms with Crippen molar-refractivity contribution in [3.63, 3.8) is 0 Å². The van der Waals surface area contributed by atoms with Crippen LogP contribution in [0.15, 0.2) is 24.3 Å². The second-order valence-corrected chi connectivity index (χ2v) is 4.99. The van der Waals surface area contributed by atoms with E-state index in [1.165, 1.54) is 5.69 Å². The number of urea groups is 1. The quantitative estimate of drug-likeness (QED) is 0.912. The zero-order valence-corrected chi connectivity index (χ0v) is 11.6. The Bertz CT molecular complexity index is 702. The molecule has 104 valence electrons. The van der Waals surface area contributed by atoms with Crippen LogP contribution in [0.1, 0.15) is 19.0 Å². The van der Waals surface area contributed by atoms with E-state index in [4.69, 9.17) is 0 Å². The van der Waals surface area contributed by atoms with Crippen molar-refractivity contribution >= 4 is 28.5 Å². The third kappa shape index (κ3) is 1.86. The van der Waals surface area contributed by atoms with Crippen LogP contribution in [-0.2, 0) is 11.3 Å². The van der Waals surface area contributed by atoms with E-state index < -0.39 is 0 Å². The first kappa shape index (κ1) is 12.7. The number of rotatable bonds is 2. The highest BCUT2D eigenvalue weighted by atomic mass is 16.2. The summed E-state index contributed by atoms with van der Waals surface area (Å²) in [6, 6.07) is 7.69. The number of benzene rings is 1. The number of amides is 3. The summed E-state index contributed by atoms with van der Waals surface area (Å²) in [5.41, 5.74) is 3.15. The highest BCUT2D eigenvalue weighted by Crippen LogP contribution is 2.30. The molecule has 1 N–H and O–H groups in total. The van der Waals surface area contributed by atoms with Gasteiger partial charge >= 0.3 is 6.03 Å². The summed E-state index contributed by atoms with van der Waals surface area (Å²) in [7, 11) is 0. The second kappa shape index (κ2) is 4.67. The van der Waals surface area contributed by atoms with Gasteiger partial charge in [-0.05, 0) is 32.0 Å². The van der Waals surface area contributed by atoms with Crippen molar-refractivity contribution in [2.24, 2.45) is 0 Å². The van der Waals surface area contributed by atoms with Gasteiger partial charge in [-0.25, -0.2) is 4.79 Å². The zero-order valence-electron chi connectivity index (χ0n) is 11.6. The number of fused-ring (bicyclic) bond motifs is 1. The Labute approximate surface area is 117 Å². The van der Waals surface area contributed by atoms with Crippen molar-refractivity contribution in [1.82, 2.24) is 9.88 Å². The Morgan fingerprint density at radius 2 is 2.10 bits per heavy atom. The molecule has 1 aliphatic heterocycles. The molecule has 5 nitrogen and oxygen atoms in total. The molecule has 0 aliphatic carbocycles. The molecule has 1 aromatic carbocycles. The summed E-state index contributed by atoms with van der Waals surface area (Å²) in [5.74, 6) is -0.208. The molecule has 5 heteroatoms. The van der Waals surface area contributed by atoms with E-state index in [9.17, 15) is 9.59 Å². The number of anilines is 1. The molecule has 0 unspecified atom stereocenters. The first-order chi connectivity index (χ1) is 9.61. The van der Waals surface area contributed by atoms with Crippen LogP contribution in [0.2, 0.25) is 0 Å². The second-order valence-electron chi connectivity index (χ2n) is 4.99. The Balaban J connectivity index is 2.12. The molecule has 20 heavy (non-hydrogen) atoms. The molecule has 0 atom stereocenters. The zero-order chi connectivity index (χ0) is 14.3. The van der Waals surface area contributed by atoms with Crippen molar-refractivity contribution in [3.05, 3.63) is 30.0 Å². The van der Waals surface area contributed by atoms with E-state index in [2.05, 4.69) is 35.9 Å². The van der Waals surface area contributed by atoms with E-state index >= 15 is 0 Å².